The van der Waals surface area contributed by atoms with Gasteiger partial charge in [-0.15, -0.1) is 0 Å². The van der Waals surface area contributed by atoms with Crippen molar-refractivity contribution >= 4 is 13.5 Å². The van der Waals surface area contributed by atoms with Crippen molar-refractivity contribution in [1.82, 2.24) is 5.09 Å². The van der Waals surface area contributed by atoms with Gasteiger partial charge in [-0.2, -0.15) is 0 Å². The van der Waals surface area contributed by atoms with Gasteiger partial charge in [0.15, 0.2) is 0 Å². The molecule has 0 radical (unpaired) electrons. The third kappa shape index (κ3) is 6.37. The van der Waals surface area contributed by atoms with Crippen LogP contribution in [0.5, 0.6) is 5.75 Å². The number of carbonyl (C=O) groups is 1. The Kier molecular flexibility index (Phi) is 6.80. The van der Waals surface area contributed by atoms with Crippen LogP contribution in [0.2, 0.25) is 0 Å². The molecule has 5 nitrogen and oxygen atoms in total. The number of carbonyl (C=O) groups excluding carboxylic acids is 1. The fourth-order valence-corrected chi connectivity index (χ4v) is 3.74. The van der Waals surface area contributed by atoms with Crippen LogP contribution in [-0.2, 0) is 20.7 Å². The lowest BCUT2D eigenvalue weighted by molar-refractivity contribution is -0.148. The molecule has 1 unspecified atom stereocenters. The van der Waals surface area contributed by atoms with E-state index < -0.39 is 19.5 Å². The number of hydrogen-bond donors (Lipinski definition) is 1. The third-order valence-corrected chi connectivity index (χ3v) is 4.85. The van der Waals surface area contributed by atoms with E-state index in [1.807, 2.05) is 50.2 Å². The number of benzene rings is 2. The lowest BCUT2D eigenvalue weighted by Gasteiger charge is -2.25. The molecule has 6 heteroatoms. The quantitative estimate of drug-likeness (QED) is 0.563. The summed E-state index contributed by atoms with van der Waals surface area (Å²) in [5.74, 6) is -0.0606. The molecule has 0 aliphatic carbocycles. The van der Waals surface area contributed by atoms with E-state index in [1.165, 1.54) is 6.66 Å². The van der Waals surface area contributed by atoms with Gasteiger partial charge in [0.25, 0.3) is 0 Å². The lowest BCUT2D eigenvalue weighted by Crippen LogP contribution is -2.41. The molecule has 2 aromatic rings. The summed E-state index contributed by atoms with van der Waals surface area (Å²) in [6.07, 6.45) is 0. The summed E-state index contributed by atoms with van der Waals surface area (Å²) in [5.41, 5.74) is 0.901. The number of ether oxygens (including phenoxy) is 1. The van der Waals surface area contributed by atoms with Crippen LogP contribution in [0.3, 0.4) is 0 Å². The Bertz CT molecular complexity index is 719. The van der Waals surface area contributed by atoms with Crippen molar-refractivity contribution in [2.45, 2.75) is 26.5 Å². The highest BCUT2D eigenvalue weighted by Gasteiger charge is 2.31. The number of nitrogens with one attached hydrogen (secondary N) is 1. The normalized spacial score (nSPS) is 14.6. The van der Waals surface area contributed by atoms with Gasteiger partial charge in [0.2, 0.25) is 0 Å². The molecule has 0 aliphatic heterocycles. The van der Waals surface area contributed by atoms with E-state index in [9.17, 15) is 9.36 Å². The van der Waals surface area contributed by atoms with Crippen LogP contribution in [0.25, 0.3) is 0 Å². The molecule has 25 heavy (non-hydrogen) atoms. The van der Waals surface area contributed by atoms with Crippen LogP contribution in [0.1, 0.15) is 19.4 Å². The smallest absolute Gasteiger partial charge is 0.324 e. The molecule has 0 saturated heterocycles. The first-order chi connectivity index (χ1) is 11.9. The van der Waals surface area contributed by atoms with E-state index in [-0.39, 0.29) is 12.5 Å². The molecule has 2 atom stereocenters. The Labute approximate surface area is 148 Å². The second-order valence-electron chi connectivity index (χ2n) is 6.19. The maximum Gasteiger partial charge on any atom is 0.324 e. The minimum Gasteiger partial charge on any atom is -0.460 e. The second kappa shape index (κ2) is 8.84. The molecule has 2 rings (SSSR count). The first kappa shape index (κ1) is 19.2. The number of esters is 1. The standard InChI is InChI=1S/C19H24NO4P/c1-15(2)18(19(21)23-14-16-10-6-4-7-11-16)20-25(3,22)24-17-12-8-5-9-13-17/h4-13,15,18H,14H2,1-3H3,(H,20,22)/t18-,25?/m0/s1. The van der Waals surface area contributed by atoms with Crippen LogP contribution in [0, 0.1) is 5.92 Å². The fourth-order valence-electron chi connectivity index (χ4n) is 2.25. The maximum absolute atomic E-state index is 12.7. The molecule has 0 heterocycles. The van der Waals surface area contributed by atoms with Crippen LogP contribution >= 0.6 is 7.52 Å². The SMILES string of the molecule is CC(C)[C@H](NP(C)(=O)Oc1ccccc1)C(=O)OCc1ccccc1. The average Bonchev–Trinajstić information content (AvgIpc) is 2.59. The van der Waals surface area contributed by atoms with Gasteiger partial charge in [-0.1, -0.05) is 62.4 Å². The predicted octanol–water partition coefficient (Wildman–Crippen LogP) is 4.25. The van der Waals surface area contributed by atoms with Crippen LogP contribution < -0.4 is 9.61 Å². The van der Waals surface area contributed by atoms with Gasteiger partial charge in [0.1, 0.15) is 18.4 Å². The summed E-state index contributed by atoms with van der Waals surface area (Å²) in [6, 6.07) is 17.6. The van der Waals surface area contributed by atoms with E-state index >= 15 is 0 Å². The summed E-state index contributed by atoms with van der Waals surface area (Å²) >= 11 is 0. The van der Waals surface area contributed by atoms with Crippen molar-refractivity contribution < 1.29 is 18.6 Å². The molecule has 0 aliphatic rings. The zero-order valence-electron chi connectivity index (χ0n) is 14.7. The van der Waals surface area contributed by atoms with Crippen molar-refractivity contribution in [3.8, 4) is 5.75 Å². The Morgan fingerprint density at radius 1 is 1.04 bits per heavy atom. The van der Waals surface area contributed by atoms with Gasteiger partial charge in [0, 0.05) is 6.66 Å². The van der Waals surface area contributed by atoms with Gasteiger partial charge in [-0.05, 0) is 23.6 Å². The van der Waals surface area contributed by atoms with Crippen molar-refractivity contribution in [3.05, 3.63) is 66.2 Å². The topological polar surface area (TPSA) is 64.6 Å². The molecular formula is C19H24NO4P. The van der Waals surface area contributed by atoms with E-state index in [2.05, 4.69) is 5.09 Å². The van der Waals surface area contributed by atoms with Crippen molar-refractivity contribution in [2.75, 3.05) is 6.66 Å². The minimum absolute atomic E-state index is 0.101. The molecule has 0 spiro atoms. The summed E-state index contributed by atoms with van der Waals surface area (Å²) in [5, 5.41) is 2.84. The van der Waals surface area contributed by atoms with Gasteiger partial charge in [0.05, 0.1) is 0 Å². The van der Waals surface area contributed by atoms with E-state index in [4.69, 9.17) is 9.26 Å². The summed E-state index contributed by atoms with van der Waals surface area (Å²) < 4.78 is 23.6. The van der Waals surface area contributed by atoms with E-state index in [0.717, 1.165) is 5.56 Å². The number of rotatable bonds is 8. The highest BCUT2D eigenvalue weighted by molar-refractivity contribution is 7.56. The highest BCUT2D eigenvalue weighted by atomic mass is 31.2. The summed E-state index contributed by atoms with van der Waals surface area (Å²) in [4.78, 5) is 12.4. The monoisotopic (exact) mass is 361 g/mol. The Morgan fingerprint density at radius 3 is 2.16 bits per heavy atom. The zero-order chi connectivity index (χ0) is 18.3. The number of para-hydroxylation sites is 1. The first-order valence-electron chi connectivity index (χ1n) is 8.18. The fraction of sp³-hybridized carbons (Fsp3) is 0.316. The molecular weight excluding hydrogens is 337 g/mol. The average molecular weight is 361 g/mol. The lowest BCUT2D eigenvalue weighted by atomic mass is 10.1. The molecule has 0 saturated carbocycles. The van der Waals surface area contributed by atoms with Gasteiger partial charge >= 0.3 is 13.5 Å². The van der Waals surface area contributed by atoms with Crippen LogP contribution in [-0.4, -0.2) is 18.7 Å². The Morgan fingerprint density at radius 2 is 1.60 bits per heavy atom. The predicted molar refractivity (Wildman–Crippen MR) is 98.6 cm³/mol. The van der Waals surface area contributed by atoms with Gasteiger partial charge < -0.3 is 9.26 Å². The summed E-state index contributed by atoms with van der Waals surface area (Å²) in [7, 11) is -3.22. The molecule has 0 bridgehead atoms. The van der Waals surface area contributed by atoms with Gasteiger partial charge in [-0.25, -0.2) is 5.09 Å². The van der Waals surface area contributed by atoms with Crippen molar-refractivity contribution in [1.29, 1.82) is 0 Å². The molecule has 134 valence electrons. The second-order valence-corrected chi connectivity index (χ2v) is 8.33. The Hall–Kier alpha value is -2.10. The molecule has 0 aromatic heterocycles. The largest absolute Gasteiger partial charge is 0.460 e. The molecule has 2 aromatic carbocycles. The van der Waals surface area contributed by atoms with Crippen LogP contribution in [0.4, 0.5) is 0 Å². The zero-order valence-corrected chi connectivity index (χ0v) is 15.6. The maximum atomic E-state index is 12.7. The third-order valence-electron chi connectivity index (χ3n) is 3.54. The Balaban J connectivity index is 1.99. The van der Waals surface area contributed by atoms with Crippen molar-refractivity contribution in [2.24, 2.45) is 5.92 Å². The van der Waals surface area contributed by atoms with E-state index in [1.54, 1.807) is 24.3 Å². The molecule has 0 fully saturated rings. The van der Waals surface area contributed by atoms with E-state index in [0.29, 0.717) is 5.75 Å². The van der Waals surface area contributed by atoms with Crippen LogP contribution in [0.15, 0.2) is 60.7 Å². The summed E-state index contributed by atoms with van der Waals surface area (Å²) in [6.45, 7) is 5.37. The highest BCUT2D eigenvalue weighted by Crippen LogP contribution is 2.40. The number of hydrogen-bond acceptors (Lipinski definition) is 4. The molecule has 0 amide bonds. The van der Waals surface area contributed by atoms with Crippen molar-refractivity contribution in [3.63, 3.8) is 0 Å². The first-order valence-corrected chi connectivity index (χ1v) is 10.2. The van der Waals surface area contributed by atoms with Gasteiger partial charge in [-0.3, -0.25) is 9.36 Å². The minimum atomic E-state index is -3.22. The molecule has 1 N–H and O–H groups in total.